The minimum absolute atomic E-state index is 0.681. The molecular weight excluding hydrogens is 186 g/mol. The summed E-state index contributed by atoms with van der Waals surface area (Å²) in [5, 5.41) is 3.44. The summed E-state index contributed by atoms with van der Waals surface area (Å²) in [6, 6.07) is 0.681. The molecule has 0 spiro atoms. The van der Waals surface area contributed by atoms with Crippen LogP contribution in [0.15, 0.2) is 4.99 Å². The standard InChI is InChI=1S/C12H25N3/c1-4-11(2)15(3)10-9-14-12-7-5-6-8-13-12/h11H,4-10H2,1-3H3,(H,13,14). The summed E-state index contributed by atoms with van der Waals surface area (Å²) in [6.07, 6.45) is 4.93. The van der Waals surface area contributed by atoms with Gasteiger partial charge in [0.05, 0.1) is 5.84 Å². The molecule has 1 aliphatic rings. The topological polar surface area (TPSA) is 27.6 Å². The van der Waals surface area contributed by atoms with Gasteiger partial charge >= 0.3 is 0 Å². The summed E-state index contributed by atoms with van der Waals surface area (Å²) in [5.74, 6) is 1.22. The maximum atomic E-state index is 4.48. The van der Waals surface area contributed by atoms with Gasteiger partial charge < -0.3 is 10.2 Å². The zero-order chi connectivity index (χ0) is 11.1. The quantitative estimate of drug-likeness (QED) is 0.752. The van der Waals surface area contributed by atoms with Gasteiger partial charge in [-0.3, -0.25) is 4.99 Å². The van der Waals surface area contributed by atoms with Crippen LogP contribution >= 0.6 is 0 Å². The molecule has 88 valence electrons. The number of hydrogen-bond acceptors (Lipinski definition) is 3. The lowest BCUT2D eigenvalue weighted by molar-refractivity contribution is 0.256. The van der Waals surface area contributed by atoms with E-state index in [2.05, 4.69) is 36.1 Å². The highest BCUT2D eigenvalue weighted by molar-refractivity contribution is 5.82. The predicted molar refractivity (Wildman–Crippen MR) is 66.5 cm³/mol. The number of amidine groups is 1. The SMILES string of the molecule is CCC(C)N(C)CCNC1=NCCCC1. The number of aliphatic imine (C=N–C) groups is 1. The second kappa shape index (κ2) is 6.83. The fourth-order valence-electron chi connectivity index (χ4n) is 1.75. The third-order valence-electron chi connectivity index (χ3n) is 3.26. The van der Waals surface area contributed by atoms with E-state index in [1.807, 2.05) is 0 Å². The van der Waals surface area contributed by atoms with Gasteiger partial charge in [0.15, 0.2) is 0 Å². The molecular formula is C12H25N3. The van der Waals surface area contributed by atoms with Crippen molar-refractivity contribution in [2.45, 2.75) is 45.6 Å². The van der Waals surface area contributed by atoms with Crippen molar-refractivity contribution < 1.29 is 0 Å². The van der Waals surface area contributed by atoms with Crippen LogP contribution in [0.1, 0.15) is 39.5 Å². The molecule has 0 aromatic heterocycles. The van der Waals surface area contributed by atoms with E-state index in [4.69, 9.17) is 0 Å². The van der Waals surface area contributed by atoms with E-state index in [0.29, 0.717) is 6.04 Å². The molecule has 0 aliphatic carbocycles. The molecule has 0 aromatic rings. The van der Waals surface area contributed by atoms with E-state index in [9.17, 15) is 0 Å². The fraction of sp³-hybridized carbons (Fsp3) is 0.917. The molecule has 0 radical (unpaired) electrons. The van der Waals surface area contributed by atoms with Crippen molar-refractivity contribution in [3.8, 4) is 0 Å². The summed E-state index contributed by atoms with van der Waals surface area (Å²) in [4.78, 5) is 6.88. The maximum Gasteiger partial charge on any atom is 0.0963 e. The molecule has 3 nitrogen and oxygen atoms in total. The van der Waals surface area contributed by atoms with Gasteiger partial charge in [0.1, 0.15) is 0 Å². The van der Waals surface area contributed by atoms with Crippen molar-refractivity contribution >= 4 is 5.84 Å². The van der Waals surface area contributed by atoms with Crippen LogP contribution in [0.25, 0.3) is 0 Å². The molecule has 1 aliphatic heterocycles. The Labute approximate surface area is 94.0 Å². The highest BCUT2D eigenvalue weighted by Crippen LogP contribution is 2.04. The van der Waals surface area contributed by atoms with E-state index in [-0.39, 0.29) is 0 Å². The van der Waals surface area contributed by atoms with Gasteiger partial charge in [0.25, 0.3) is 0 Å². The monoisotopic (exact) mass is 211 g/mol. The van der Waals surface area contributed by atoms with Gasteiger partial charge in [-0.25, -0.2) is 0 Å². The van der Waals surface area contributed by atoms with Crippen LogP contribution in [0, 0.1) is 0 Å². The van der Waals surface area contributed by atoms with Crippen LogP contribution in [0.3, 0.4) is 0 Å². The molecule has 0 amide bonds. The largest absolute Gasteiger partial charge is 0.373 e. The third-order valence-corrected chi connectivity index (χ3v) is 3.26. The summed E-state index contributed by atoms with van der Waals surface area (Å²) < 4.78 is 0. The summed E-state index contributed by atoms with van der Waals surface area (Å²) in [7, 11) is 2.19. The Morgan fingerprint density at radius 1 is 1.47 bits per heavy atom. The van der Waals surface area contributed by atoms with Gasteiger partial charge in [-0.05, 0) is 33.2 Å². The Balaban J connectivity index is 2.12. The lowest BCUT2D eigenvalue weighted by Crippen LogP contribution is -2.37. The third kappa shape index (κ3) is 4.65. The molecule has 3 heteroatoms. The molecule has 0 aromatic carbocycles. The van der Waals surface area contributed by atoms with Crippen molar-refractivity contribution in [2.24, 2.45) is 4.99 Å². The van der Waals surface area contributed by atoms with Crippen LogP contribution in [0.5, 0.6) is 0 Å². The van der Waals surface area contributed by atoms with Crippen molar-refractivity contribution in [2.75, 3.05) is 26.7 Å². The summed E-state index contributed by atoms with van der Waals surface area (Å²) in [5.41, 5.74) is 0. The second-order valence-corrected chi connectivity index (χ2v) is 4.45. The van der Waals surface area contributed by atoms with Gasteiger partial charge in [-0.1, -0.05) is 6.92 Å². The summed E-state index contributed by atoms with van der Waals surface area (Å²) in [6.45, 7) is 7.66. The highest BCUT2D eigenvalue weighted by Gasteiger charge is 2.07. The zero-order valence-corrected chi connectivity index (χ0v) is 10.4. The molecule has 1 rings (SSSR count). The molecule has 1 unspecified atom stereocenters. The first kappa shape index (κ1) is 12.5. The van der Waals surface area contributed by atoms with Crippen LogP contribution in [0.2, 0.25) is 0 Å². The second-order valence-electron chi connectivity index (χ2n) is 4.45. The molecule has 1 atom stereocenters. The molecule has 1 heterocycles. The first-order valence-electron chi connectivity index (χ1n) is 6.21. The number of rotatable bonds is 5. The predicted octanol–water partition coefficient (Wildman–Crippen LogP) is 1.89. The molecule has 1 N–H and O–H groups in total. The van der Waals surface area contributed by atoms with E-state index in [1.54, 1.807) is 0 Å². The average molecular weight is 211 g/mol. The van der Waals surface area contributed by atoms with Crippen molar-refractivity contribution in [3.05, 3.63) is 0 Å². The zero-order valence-electron chi connectivity index (χ0n) is 10.4. The molecule has 0 bridgehead atoms. The molecule has 15 heavy (non-hydrogen) atoms. The van der Waals surface area contributed by atoms with Crippen LogP contribution in [-0.4, -0.2) is 43.5 Å². The first-order chi connectivity index (χ1) is 7.24. The Bertz CT molecular complexity index is 201. The van der Waals surface area contributed by atoms with E-state index < -0.39 is 0 Å². The summed E-state index contributed by atoms with van der Waals surface area (Å²) >= 11 is 0. The first-order valence-corrected chi connectivity index (χ1v) is 6.21. The van der Waals surface area contributed by atoms with E-state index >= 15 is 0 Å². The van der Waals surface area contributed by atoms with E-state index in [1.165, 1.54) is 25.1 Å². The Hall–Kier alpha value is -0.570. The lowest BCUT2D eigenvalue weighted by Gasteiger charge is -2.24. The molecule has 0 saturated carbocycles. The molecule has 0 saturated heterocycles. The highest BCUT2D eigenvalue weighted by atomic mass is 15.1. The van der Waals surface area contributed by atoms with Gasteiger partial charge in [0, 0.05) is 32.1 Å². The smallest absolute Gasteiger partial charge is 0.0963 e. The van der Waals surface area contributed by atoms with Crippen molar-refractivity contribution in [1.82, 2.24) is 10.2 Å². The van der Waals surface area contributed by atoms with Gasteiger partial charge in [-0.2, -0.15) is 0 Å². The average Bonchev–Trinajstić information content (AvgIpc) is 2.29. The Morgan fingerprint density at radius 3 is 2.87 bits per heavy atom. The van der Waals surface area contributed by atoms with Gasteiger partial charge in [0.2, 0.25) is 0 Å². The minimum atomic E-state index is 0.681. The minimum Gasteiger partial charge on any atom is -0.373 e. The van der Waals surface area contributed by atoms with Crippen molar-refractivity contribution in [3.63, 3.8) is 0 Å². The number of hydrogen-bond donors (Lipinski definition) is 1. The Kier molecular flexibility index (Phi) is 5.69. The van der Waals surface area contributed by atoms with Gasteiger partial charge in [-0.15, -0.1) is 0 Å². The normalized spacial score (nSPS) is 18.8. The van der Waals surface area contributed by atoms with Crippen LogP contribution in [-0.2, 0) is 0 Å². The Morgan fingerprint density at radius 2 is 2.27 bits per heavy atom. The number of likely N-dealkylation sites (N-methyl/N-ethyl adjacent to an activating group) is 1. The van der Waals surface area contributed by atoms with E-state index in [0.717, 1.165) is 26.1 Å². The van der Waals surface area contributed by atoms with Crippen LogP contribution < -0.4 is 5.32 Å². The fourth-order valence-corrected chi connectivity index (χ4v) is 1.75. The number of nitrogens with zero attached hydrogens (tertiary/aromatic N) is 2. The lowest BCUT2D eigenvalue weighted by atomic mass is 10.2. The van der Waals surface area contributed by atoms with Crippen LogP contribution in [0.4, 0.5) is 0 Å². The molecule has 0 fully saturated rings. The van der Waals surface area contributed by atoms with Crippen molar-refractivity contribution in [1.29, 1.82) is 0 Å². The number of nitrogens with one attached hydrogen (secondary N) is 1. The maximum absolute atomic E-state index is 4.48.